The van der Waals surface area contributed by atoms with Crippen molar-refractivity contribution in [3.63, 3.8) is 0 Å². The van der Waals surface area contributed by atoms with Gasteiger partial charge in [-0.2, -0.15) is 15.4 Å². The molecule has 1 N–H and O–H groups in total. The van der Waals surface area contributed by atoms with E-state index in [0.717, 1.165) is 11.1 Å². The highest BCUT2D eigenvalue weighted by atomic mass is 16.2. The van der Waals surface area contributed by atoms with Gasteiger partial charge in [-0.25, -0.2) is 0 Å². The van der Waals surface area contributed by atoms with E-state index in [1.54, 1.807) is 23.1 Å². The number of aromatic amines is 1. The van der Waals surface area contributed by atoms with E-state index < -0.39 is 0 Å². The Hall–Kier alpha value is -2.69. The van der Waals surface area contributed by atoms with E-state index in [0.29, 0.717) is 17.6 Å². The highest BCUT2D eigenvalue weighted by Gasteiger charge is 2.14. The largest absolute Gasteiger partial charge is 0.337 e. The predicted molar refractivity (Wildman–Crippen MR) is 80.9 cm³/mol. The molecule has 0 aliphatic rings. The Labute approximate surface area is 122 Å². The maximum absolute atomic E-state index is 12.5. The molecule has 0 spiro atoms. The normalized spacial score (nSPS) is 10.8. The molecule has 0 aliphatic carbocycles. The summed E-state index contributed by atoms with van der Waals surface area (Å²) >= 11 is 0. The summed E-state index contributed by atoms with van der Waals surface area (Å²) in [6, 6.07) is 13.4. The van der Waals surface area contributed by atoms with Gasteiger partial charge in [0.1, 0.15) is 11.0 Å². The standard InChI is InChI=1S/C16H16N4O/c1-11-5-3-4-6-13(11)10-20(2)16(21)12-7-8-14-15(9-12)18-19-17-14/h3-9H,10H2,1-2H3,(H,17,18,19). The number of H-pyrrole nitrogens is 1. The fraction of sp³-hybridized carbons (Fsp3) is 0.188. The first kappa shape index (κ1) is 13.3. The molecule has 0 fully saturated rings. The molecule has 5 nitrogen and oxygen atoms in total. The van der Waals surface area contributed by atoms with E-state index in [1.165, 1.54) is 5.56 Å². The number of nitrogens with zero attached hydrogens (tertiary/aromatic N) is 3. The second kappa shape index (κ2) is 5.36. The fourth-order valence-corrected chi connectivity index (χ4v) is 2.31. The summed E-state index contributed by atoms with van der Waals surface area (Å²) < 4.78 is 0. The number of benzene rings is 2. The van der Waals surface area contributed by atoms with Crippen LogP contribution in [0.4, 0.5) is 0 Å². The molecule has 3 aromatic rings. The second-order valence-corrected chi connectivity index (χ2v) is 5.11. The van der Waals surface area contributed by atoms with Crippen LogP contribution in [0.5, 0.6) is 0 Å². The first-order chi connectivity index (χ1) is 10.1. The van der Waals surface area contributed by atoms with Crippen molar-refractivity contribution in [1.82, 2.24) is 20.3 Å². The van der Waals surface area contributed by atoms with Crippen LogP contribution in [0.3, 0.4) is 0 Å². The number of amides is 1. The van der Waals surface area contributed by atoms with Crippen LogP contribution in [0.1, 0.15) is 21.5 Å². The predicted octanol–water partition coefficient (Wildman–Crippen LogP) is 2.54. The molecule has 0 radical (unpaired) electrons. The molecule has 0 saturated carbocycles. The van der Waals surface area contributed by atoms with Gasteiger partial charge in [0.05, 0.1) is 0 Å². The lowest BCUT2D eigenvalue weighted by Gasteiger charge is -2.18. The lowest BCUT2D eigenvalue weighted by molar-refractivity contribution is 0.0785. The minimum atomic E-state index is -0.0249. The van der Waals surface area contributed by atoms with Crippen LogP contribution in [-0.4, -0.2) is 33.3 Å². The molecule has 5 heteroatoms. The number of carbonyl (C=O) groups is 1. The fourth-order valence-electron chi connectivity index (χ4n) is 2.31. The lowest BCUT2D eigenvalue weighted by atomic mass is 10.1. The maximum atomic E-state index is 12.5. The SMILES string of the molecule is Cc1ccccc1CN(C)C(=O)c1ccc2n[nH]nc2c1. The van der Waals surface area contributed by atoms with Crippen molar-refractivity contribution in [3.05, 3.63) is 59.2 Å². The summed E-state index contributed by atoms with van der Waals surface area (Å²) in [6.07, 6.45) is 0. The van der Waals surface area contributed by atoms with Gasteiger partial charge >= 0.3 is 0 Å². The van der Waals surface area contributed by atoms with Crippen LogP contribution in [-0.2, 0) is 6.54 Å². The Bertz CT molecular complexity index is 794. The summed E-state index contributed by atoms with van der Waals surface area (Å²) in [5.74, 6) is -0.0249. The number of aromatic nitrogens is 3. The average Bonchev–Trinajstić information content (AvgIpc) is 2.96. The molecule has 0 unspecified atom stereocenters. The molecule has 0 atom stereocenters. The zero-order chi connectivity index (χ0) is 14.8. The molecule has 106 valence electrons. The summed E-state index contributed by atoms with van der Waals surface area (Å²) in [5.41, 5.74) is 4.41. The van der Waals surface area contributed by atoms with Gasteiger partial charge in [-0.05, 0) is 36.2 Å². The minimum absolute atomic E-state index is 0.0249. The Morgan fingerprint density at radius 1 is 1.14 bits per heavy atom. The van der Waals surface area contributed by atoms with Gasteiger partial charge in [-0.15, -0.1) is 0 Å². The number of aryl methyl sites for hydroxylation is 1. The van der Waals surface area contributed by atoms with E-state index in [1.807, 2.05) is 25.2 Å². The monoisotopic (exact) mass is 280 g/mol. The Morgan fingerprint density at radius 2 is 1.90 bits per heavy atom. The maximum Gasteiger partial charge on any atom is 0.253 e. The molecule has 1 heterocycles. The quantitative estimate of drug-likeness (QED) is 0.802. The number of nitrogens with one attached hydrogen (secondary N) is 1. The van der Waals surface area contributed by atoms with Gasteiger partial charge in [-0.1, -0.05) is 24.3 Å². The van der Waals surface area contributed by atoms with Crippen molar-refractivity contribution in [3.8, 4) is 0 Å². The van der Waals surface area contributed by atoms with E-state index in [9.17, 15) is 4.79 Å². The van der Waals surface area contributed by atoms with Gasteiger partial charge in [-0.3, -0.25) is 4.79 Å². The summed E-state index contributed by atoms with van der Waals surface area (Å²) in [4.78, 5) is 14.2. The van der Waals surface area contributed by atoms with Crippen molar-refractivity contribution in [1.29, 1.82) is 0 Å². The molecule has 0 bridgehead atoms. The van der Waals surface area contributed by atoms with Gasteiger partial charge in [0.25, 0.3) is 5.91 Å². The number of fused-ring (bicyclic) bond motifs is 1. The van der Waals surface area contributed by atoms with Crippen molar-refractivity contribution >= 4 is 16.9 Å². The zero-order valence-electron chi connectivity index (χ0n) is 12.0. The number of hydrogen-bond donors (Lipinski definition) is 1. The molecule has 1 amide bonds. The first-order valence-corrected chi connectivity index (χ1v) is 6.75. The second-order valence-electron chi connectivity index (χ2n) is 5.11. The zero-order valence-corrected chi connectivity index (χ0v) is 12.0. The molecule has 21 heavy (non-hydrogen) atoms. The first-order valence-electron chi connectivity index (χ1n) is 6.75. The van der Waals surface area contributed by atoms with Crippen molar-refractivity contribution in [2.75, 3.05) is 7.05 Å². The molecule has 0 saturated heterocycles. The average molecular weight is 280 g/mol. The van der Waals surface area contributed by atoms with E-state index in [4.69, 9.17) is 0 Å². The number of hydrogen-bond acceptors (Lipinski definition) is 3. The van der Waals surface area contributed by atoms with Crippen molar-refractivity contribution < 1.29 is 4.79 Å². The third-order valence-corrected chi connectivity index (χ3v) is 3.58. The summed E-state index contributed by atoms with van der Waals surface area (Å²) in [6.45, 7) is 2.64. The molecule has 1 aromatic heterocycles. The molecule has 3 rings (SSSR count). The summed E-state index contributed by atoms with van der Waals surface area (Å²) in [7, 11) is 1.81. The van der Waals surface area contributed by atoms with Crippen LogP contribution in [0.25, 0.3) is 11.0 Å². The van der Waals surface area contributed by atoms with Gasteiger partial charge in [0.2, 0.25) is 0 Å². The Kier molecular flexibility index (Phi) is 3.39. The topological polar surface area (TPSA) is 61.9 Å². The molecular weight excluding hydrogens is 264 g/mol. The molecule has 2 aromatic carbocycles. The summed E-state index contributed by atoms with van der Waals surface area (Å²) in [5, 5.41) is 10.6. The molecular formula is C16H16N4O. The smallest absolute Gasteiger partial charge is 0.253 e. The van der Waals surface area contributed by atoms with Crippen molar-refractivity contribution in [2.45, 2.75) is 13.5 Å². The van der Waals surface area contributed by atoms with E-state index in [2.05, 4.69) is 28.4 Å². The lowest BCUT2D eigenvalue weighted by Crippen LogP contribution is -2.26. The van der Waals surface area contributed by atoms with E-state index >= 15 is 0 Å². The minimum Gasteiger partial charge on any atom is -0.337 e. The van der Waals surface area contributed by atoms with Crippen LogP contribution in [0.2, 0.25) is 0 Å². The molecule has 0 aliphatic heterocycles. The van der Waals surface area contributed by atoms with Gasteiger partial charge in [0, 0.05) is 19.2 Å². The van der Waals surface area contributed by atoms with Gasteiger partial charge < -0.3 is 4.90 Å². The van der Waals surface area contributed by atoms with Gasteiger partial charge in [0.15, 0.2) is 0 Å². The highest BCUT2D eigenvalue weighted by molar-refractivity contribution is 5.97. The third-order valence-electron chi connectivity index (χ3n) is 3.58. The Balaban J connectivity index is 1.82. The Morgan fingerprint density at radius 3 is 2.71 bits per heavy atom. The number of carbonyl (C=O) groups excluding carboxylic acids is 1. The van der Waals surface area contributed by atoms with Crippen LogP contribution < -0.4 is 0 Å². The van der Waals surface area contributed by atoms with Crippen LogP contribution >= 0.6 is 0 Å². The highest BCUT2D eigenvalue weighted by Crippen LogP contribution is 2.15. The van der Waals surface area contributed by atoms with Crippen LogP contribution in [0, 0.1) is 6.92 Å². The van der Waals surface area contributed by atoms with E-state index in [-0.39, 0.29) is 5.91 Å². The third kappa shape index (κ3) is 2.63. The number of rotatable bonds is 3. The van der Waals surface area contributed by atoms with Crippen molar-refractivity contribution in [2.24, 2.45) is 0 Å². The van der Waals surface area contributed by atoms with Crippen LogP contribution in [0.15, 0.2) is 42.5 Å².